The summed E-state index contributed by atoms with van der Waals surface area (Å²) in [5, 5.41) is 4.24. The van der Waals surface area contributed by atoms with E-state index in [2.05, 4.69) is 25.2 Å². The Morgan fingerprint density at radius 1 is 1.40 bits per heavy atom. The van der Waals surface area contributed by atoms with Gasteiger partial charge in [0.1, 0.15) is 5.75 Å². The lowest BCUT2D eigenvalue weighted by atomic mass is 10.0. The Labute approximate surface area is 127 Å². The van der Waals surface area contributed by atoms with Gasteiger partial charge in [-0.2, -0.15) is 0 Å². The van der Waals surface area contributed by atoms with E-state index in [1.807, 2.05) is 12.1 Å². The molecule has 0 saturated heterocycles. The van der Waals surface area contributed by atoms with Crippen LogP contribution in [0.5, 0.6) is 5.75 Å². The van der Waals surface area contributed by atoms with Crippen molar-refractivity contribution in [1.29, 1.82) is 0 Å². The van der Waals surface area contributed by atoms with E-state index in [-0.39, 0.29) is 0 Å². The third kappa shape index (κ3) is 4.26. The second-order valence-electron chi connectivity index (χ2n) is 5.42. The van der Waals surface area contributed by atoms with E-state index >= 15 is 0 Å². The van der Waals surface area contributed by atoms with E-state index in [9.17, 15) is 0 Å². The minimum atomic E-state index is 0.784. The van der Waals surface area contributed by atoms with Crippen LogP contribution < -0.4 is 10.1 Å². The summed E-state index contributed by atoms with van der Waals surface area (Å²) in [7, 11) is 0. The molecule has 0 fully saturated rings. The van der Waals surface area contributed by atoms with Crippen molar-refractivity contribution in [3.8, 4) is 5.75 Å². The number of fused-ring (bicyclic) bond motifs is 1. The minimum absolute atomic E-state index is 0.784. The van der Waals surface area contributed by atoms with E-state index < -0.39 is 0 Å². The van der Waals surface area contributed by atoms with Crippen LogP contribution in [-0.2, 0) is 12.8 Å². The van der Waals surface area contributed by atoms with Crippen LogP contribution >= 0.6 is 11.6 Å². The van der Waals surface area contributed by atoms with Gasteiger partial charge in [-0.25, -0.2) is 0 Å². The highest BCUT2D eigenvalue weighted by Gasteiger charge is 2.17. The smallest absolute Gasteiger partial charge is 0.126 e. The lowest BCUT2D eigenvalue weighted by Gasteiger charge is -2.09. The topological polar surface area (TPSA) is 21.3 Å². The van der Waals surface area contributed by atoms with Gasteiger partial charge in [0.15, 0.2) is 0 Å². The molecule has 3 heteroatoms. The van der Waals surface area contributed by atoms with Crippen LogP contribution in [0.3, 0.4) is 0 Å². The molecular weight excluding hydrogens is 270 g/mol. The molecule has 1 N–H and O–H groups in total. The number of allylic oxidation sites excluding steroid dienone is 1. The molecule has 1 aromatic rings. The van der Waals surface area contributed by atoms with Crippen molar-refractivity contribution in [3.63, 3.8) is 0 Å². The summed E-state index contributed by atoms with van der Waals surface area (Å²) >= 11 is 6.19. The van der Waals surface area contributed by atoms with Gasteiger partial charge in [0.05, 0.1) is 6.61 Å². The van der Waals surface area contributed by atoms with Gasteiger partial charge in [0.25, 0.3) is 0 Å². The van der Waals surface area contributed by atoms with Crippen LogP contribution in [0.2, 0.25) is 5.02 Å². The SMILES string of the molecule is CCCNCC/C=C(/C)Cc1cc(Cl)cc2c1OCC2. The Morgan fingerprint density at radius 2 is 2.25 bits per heavy atom. The molecule has 1 aliphatic heterocycles. The zero-order valence-electron chi connectivity index (χ0n) is 12.5. The number of halogens is 1. The van der Waals surface area contributed by atoms with Crippen molar-refractivity contribution >= 4 is 11.6 Å². The predicted molar refractivity (Wildman–Crippen MR) is 85.9 cm³/mol. The van der Waals surface area contributed by atoms with Gasteiger partial charge in [-0.1, -0.05) is 30.2 Å². The van der Waals surface area contributed by atoms with E-state index in [0.29, 0.717) is 0 Å². The standard InChI is InChI=1S/C17H24ClNO/c1-3-7-19-8-4-5-13(2)10-15-12-16(18)11-14-6-9-20-17(14)15/h5,11-12,19H,3-4,6-10H2,1-2H3/b13-5-. The quantitative estimate of drug-likeness (QED) is 0.602. The number of ether oxygens (including phenoxy) is 1. The van der Waals surface area contributed by atoms with Gasteiger partial charge in [-0.05, 0) is 62.5 Å². The van der Waals surface area contributed by atoms with Crippen molar-refractivity contribution in [2.24, 2.45) is 0 Å². The Hall–Kier alpha value is -0.990. The molecule has 2 rings (SSSR count). The predicted octanol–water partition coefficient (Wildman–Crippen LogP) is 4.15. The summed E-state index contributed by atoms with van der Waals surface area (Å²) in [5.74, 6) is 1.06. The van der Waals surface area contributed by atoms with E-state index in [0.717, 1.165) is 49.7 Å². The Morgan fingerprint density at radius 3 is 3.05 bits per heavy atom. The maximum absolute atomic E-state index is 6.19. The molecule has 0 aromatic heterocycles. The molecule has 1 heterocycles. The van der Waals surface area contributed by atoms with Crippen LogP contribution in [0.1, 0.15) is 37.8 Å². The first-order valence-electron chi connectivity index (χ1n) is 7.51. The third-order valence-electron chi connectivity index (χ3n) is 3.54. The Balaban J connectivity index is 1.94. The summed E-state index contributed by atoms with van der Waals surface area (Å²) in [6.45, 7) is 7.31. The van der Waals surface area contributed by atoms with Gasteiger partial charge >= 0.3 is 0 Å². The van der Waals surface area contributed by atoms with Crippen LogP contribution in [-0.4, -0.2) is 19.7 Å². The monoisotopic (exact) mass is 293 g/mol. The summed E-state index contributed by atoms with van der Waals surface area (Å²) in [5.41, 5.74) is 3.86. The molecule has 2 nitrogen and oxygen atoms in total. The van der Waals surface area contributed by atoms with Gasteiger partial charge < -0.3 is 10.1 Å². The van der Waals surface area contributed by atoms with Crippen molar-refractivity contribution in [2.45, 2.75) is 39.5 Å². The molecule has 0 radical (unpaired) electrons. The highest BCUT2D eigenvalue weighted by Crippen LogP contribution is 2.34. The summed E-state index contributed by atoms with van der Waals surface area (Å²) < 4.78 is 5.74. The number of nitrogens with one attached hydrogen (secondary N) is 1. The highest BCUT2D eigenvalue weighted by atomic mass is 35.5. The van der Waals surface area contributed by atoms with E-state index in [4.69, 9.17) is 16.3 Å². The summed E-state index contributed by atoms with van der Waals surface area (Å²) in [6.07, 6.45) is 6.48. The second-order valence-corrected chi connectivity index (χ2v) is 5.85. The zero-order chi connectivity index (χ0) is 14.4. The van der Waals surface area contributed by atoms with Crippen molar-refractivity contribution in [3.05, 3.63) is 39.9 Å². The first kappa shape index (κ1) is 15.4. The fourth-order valence-electron chi connectivity index (χ4n) is 2.57. The average Bonchev–Trinajstić information content (AvgIpc) is 2.86. The van der Waals surface area contributed by atoms with Gasteiger partial charge in [-0.15, -0.1) is 0 Å². The fraction of sp³-hybridized carbons (Fsp3) is 0.529. The first-order valence-corrected chi connectivity index (χ1v) is 7.89. The largest absolute Gasteiger partial charge is 0.493 e. The van der Waals surface area contributed by atoms with Crippen molar-refractivity contribution < 1.29 is 4.74 Å². The first-order chi connectivity index (χ1) is 9.70. The van der Waals surface area contributed by atoms with E-state index in [1.54, 1.807) is 0 Å². The Bertz CT molecular complexity index is 482. The zero-order valence-corrected chi connectivity index (χ0v) is 13.2. The molecule has 0 unspecified atom stereocenters. The lowest BCUT2D eigenvalue weighted by Crippen LogP contribution is -2.15. The van der Waals surface area contributed by atoms with Gasteiger partial charge in [0, 0.05) is 11.4 Å². The molecule has 0 spiro atoms. The van der Waals surface area contributed by atoms with Crippen LogP contribution in [0.15, 0.2) is 23.8 Å². The second kappa shape index (κ2) is 7.70. The number of rotatable bonds is 7. The maximum Gasteiger partial charge on any atom is 0.126 e. The molecule has 0 atom stereocenters. The molecule has 0 saturated carbocycles. The highest BCUT2D eigenvalue weighted by molar-refractivity contribution is 6.30. The van der Waals surface area contributed by atoms with Gasteiger partial charge in [-0.3, -0.25) is 0 Å². The van der Waals surface area contributed by atoms with Gasteiger partial charge in [0.2, 0.25) is 0 Å². The minimum Gasteiger partial charge on any atom is -0.493 e. The number of hydrogen-bond acceptors (Lipinski definition) is 2. The summed E-state index contributed by atoms with van der Waals surface area (Å²) in [4.78, 5) is 0. The van der Waals surface area contributed by atoms with Crippen LogP contribution in [0, 0.1) is 0 Å². The molecule has 110 valence electrons. The molecule has 1 aliphatic rings. The summed E-state index contributed by atoms with van der Waals surface area (Å²) in [6, 6.07) is 4.07. The maximum atomic E-state index is 6.19. The third-order valence-corrected chi connectivity index (χ3v) is 3.75. The fourth-order valence-corrected chi connectivity index (χ4v) is 2.84. The number of benzene rings is 1. The number of hydrogen-bond donors (Lipinski definition) is 1. The molecule has 0 bridgehead atoms. The lowest BCUT2D eigenvalue weighted by molar-refractivity contribution is 0.354. The average molecular weight is 294 g/mol. The molecule has 0 amide bonds. The van der Waals surface area contributed by atoms with E-state index in [1.165, 1.54) is 23.1 Å². The molecular formula is C17H24ClNO. The van der Waals surface area contributed by atoms with Crippen LogP contribution in [0.25, 0.3) is 0 Å². The molecule has 20 heavy (non-hydrogen) atoms. The molecule has 0 aliphatic carbocycles. The normalized spacial score (nSPS) is 14.2. The van der Waals surface area contributed by atoms with Crippen LogP contribution in [0.4, 0.5) is 0 Å². The van der Waals surface area contributed by atoms with Crippen molar-refractivity contribution in [1.82, 2.24) is 5.32 Å². The Kier molecular flexibility index (Phi) is 5.93. The molecule has 1 aromatic carbocycles. The van der Waals surface area contributed by atoms with Crippen molar-refractivity contribution in [2.75, 3.05) is 19.7 Å².